The highest BCUT2D eigenvalue weighted by atomic mass is 32.2. The Kier molecular flexibility index (Phi) is 7.66. The molecule has 2 saturated carbocycles. The zero-order valence-electron chi connectivity index (χ0n) is 17.1. The average Bonchev–Trinajstić information content (AvgIpc) is 3.42. The summed E-state index contributed by atoms with van der Waals surface area (Å²) in [5.41, 5.74) is 0. The van der Waals surface area contributed by atoms with Gasteiger partial charge in [-0.1, -0.05) is 56.4 Å². The minimum atomic E-state index is 0.124. The Morgan fingerprint density at radius 1 is 1.10 bits per heavy atom. The van der Waals surface area contributed by atoms with E-state index in [9.17, 15) is 4.79 Å². The van der Waals surface area contributed by atoms with Gasteiger partial charge in [0, 0.05) is 23.9 Å². The molecule has 2 aliphatic carbocycles. The maximum Gasteiger partial charge on any atom is 0.230 e. The zero-order valence-corrected chi connectivity index (χ0v) is 18.8. The second-order valence-corrected chi connectivity index (χ2v) is 10.4. The van der Waals surface area contributed by atoms with Crippen molar-refractivity contribution in [2.24, 2.45) is 5.92 Å². The second kappa shape index (κ2) is 10.6. The van der Waals surface area contributed by atoms with Crippen LogP contribution in [0.25, 0.3) is 0 Å². The summed E-state index contributed by atoms with van der Waals surface area (Å²) in [4.78, 5) is 13.7. The summed E-state index contributed by atoms with van der Waals surface area (Å²) in [6.07, 6.45) is 13.6. The lowest BCUT2D eigenvalue weighted by molar-refractivity contribution is -0.118. The van der Waals surface area contributed by atoms with Crippen molar-refractivity contribution >= 4 is 29.0 Å². The topological polar surface area (TPSA) is 59.8 Å². The molecule has 2 aromatic heterocycles. The number of amides is 1. The highest BCUT2D eigenvalue weighted by Crippen LogP contribution is 2.33. The van der Waals surface area contributed by atoms with E-state index in [0.717, 1.165) is 23.9 Å². The monoisotopic (exact) mass is 432 g/mol. The number of nitrogens with zero attached hydrogens (tertiary/aromatic N) is 3. The van der Waals surface area contributed by atoms with Gasteiger partial charge in [0.15, 0.2) is 5.16 Å². The number of carbonyl (C=O) groups is 1. The van der Waals surface area contributed by atoms with E-state index in [1.807, 2.05) is 0 Å². The first kappa shape index (κ1) is 20.9. The van der Waals surface area contributed by atoms with Gasteiger partial charge in [-0.25, -0.2) is 0 Å². The van der Waals surface area contributed by atoms with Crippen LogP contribution >= 0.6 is 23.1 Å². The van der Waals surface area contributed by atoms with Crippen molar-refractivity contribution in [3.63, 3.8) is 0 Å². The van der Waals surface area contributed by atoms with Crippen molar-refractivity contribution in [1.29, 1.82) is 0 Å². The summed E-state index contributed by atoms with van der Waals surface area (Å²) in [6, 6.07) is 4.73. The molecule has 0 unspecified atom stereocenters. The van der Waals surface area contributed by atoms with Crippen LogP contribution in [0, 0.1) is 5.92 Å². The van der Waals surface area contributed by atoms with Gasteiger partial charge in [-0.2, -0.15) is 0 Å². The number of thioether (sulfide) groups is 1. The molecule has 0 bridgehead atoms. The average molecular weight is 433 g/mol. The second-order valence-electron chi connectivity index (χ2n) is 8.41. The van der Waals surface area contributed by atoms with Crippen molar-refractivity contribution in [3.8, 4) is 0 Å². The Morgan fingerprint density at radius 3 is 2.59 bits per heavy atom. The zero-order chi connectivity index (χ0) is 19.9. The molecule has 0 aliphatic heterocycles. The maximum absolute atomic E-state index is 12.4. The number of hydrogen-bond acceptors (Lipinski definition) is 5. The molecule has 0 saturated heterocycles. The van der Waals surface area contributed by atoms with Gasteiger partial charge < -0.3 is 9.88 Å². The van der Waals surface area contributed by atoms with Crippen molar-refractivity contribution in [2.45, 2.75) is 81.8 Å². The molecule has 29 heavy (non-hydrogen) atoms. The SMILES string of the molecule is O=C(CSc1nnc(Cc2cccs2)n1C1CCCCC1)NCC1CCCCC1. The fourth-order valence-electron chi connectivity index (χ4n) is 4.63. The third-order valence-corrected chi connectivity index (χ3v) is 8.05. The summed E-state index contributed by atoms with van der Waals surface area (Å²) >= 11 is 3.32. The molecule has 5 nitrogen and oxygen atoms in total. The standard InChI is InChI=1S/C22H32N4OS2/c27-21(23-15-17-8-3-1-4-9-17)16-29-22-25-24-20(14-19-12-7-13-28-19)26(22)18-10-5-2-6-11-18/h7,12-13,17-18H,1-6,8-11,14-16H2,(H,23,27). The van der Waals surface area contributed by atoms with Crippen molar-refractivity contribution in [3.05, 3.63) is 28.2 Å². The van der Waals surface area contributed by atoms with Gasteiger partial charge in [-0.05, 0) is 43.0 Å². The Hall–Kier alpha value is -1.34. The minimum absolute atomic E-state index is 0.124. The Morgan fingerprint density at radius 2 is 1.86 bits per heavy atom. The van der Waals surface area contributed by atoms with Gasteiger partial charge >= 0.3 is 0 Å². The van der Waals surface area contributed by atoms with Crippen LogP contribution in [-0.4, -0.2) is 33.0 Å². The third-order valence-electron chi connectivity index (χ3n) is 6.23. The summed E-state index contributed by atoms with van der Waals surface area (Å²) in [5.74, 6) is 2.26. The first-order valence-electron chi connectivity index (χ1n) is 11.2. The van der Waals surface area contributed by atoms with Crippen LogP contribution in [0.5, 0.6) is 0 Å². The highest BCUT2D eigenvalue weighted by Gasteiger charge is 2.24. The van der Waals surface area contributed by atoms with Gasteiger partial charge in [-0.3, -0.25) is 4.79 Å². The third kappa shape index (κ3) is 5.85. The number of thiophene rings is 1. The van der Waals surface area contributed by atoms with Gasteiger partial charge in [0.05, 0.1) is 5.75 Å². The van der Waals surface area contributed by atoms with Gasteiger partial charge in [0.25, 0.3) is 0 Å². The molecule has 0 atom stereocenters. The summed E-state index contributed by atoms with van der Waals surface area (Å²) in [6.45, 7) is 0.832. The molecule has 0 radical (unpaired) electrons. The van der Waals surface area contributed by atoms with Crippen LogP contribution in [-0.2, 0) is 11.2 Å². The molecule has 2 fully saturated rings. The Labute approximate surface area is 182 Å². The number of nitrogens with one attached hydrogen (secondary N) is 1. The minimum Gasteiger partial charge on any atom is -0.355 e. The largest absolute Gasteiger partial charge is 0.355 e. The van der Waals surface area contributed by atoms with E-state index in [4.69, 9.17) is 0 Å². The molecule has 4 rings (SSSR count). The number of carbonyl (C=O) groups excluding carboxylic acids is 1. The molecule has 158 valence electrons. The molecular weight excluding hydrogens is 400 g/mol. The first-order chi connectivity index (χ1) is 14.3. The molecule has 0 aromatic carbocycles. The van der Waals surface area contributed by atoms with E-state index < -0.39 is 0 Å². The summed E-state index contributed by atoms with van der Waals surface area (Å²) in [5, 5.41) is 15.2. The number of hydrogen-bond donors (Lipinski definition) is 1. The highest BCUT2D eigenvalue weighted by molar-refractivity contribution is 7.99. The normalized spacial score (nSPS) is 18.8. The van der Waals surface area contributed by atoms with Crippen LogP contribution in [0.15, 0.2) is 22.7 Å². The lowest BCUT2D eigenvalue weighted by Crippen LogP contribution is -2.31. The van der Waals surface area contributed by atoms with E-state index in [0.29, 0.717) is 17.7 Å². The lowest BCUT2D eigenvalue weighted by atomic mass is 9.89. The summed E-state index contributed by atoms with van der Waals surface area (Å²) < 4.78 is 2.35. The molecule has 2 heterocycles. The van der Waals surface area contributed by atoms with E-state index in [2.05, 4.69) is 37.6 Å². The molecular formula is C22H32N4OS2. The van der Waals surface area contributed by atoms with Crippen molar-refractivity contribution < 1.29 is 4.79 Å². The van der Waals surface area contributed by atoms with E-state index in [1.54, 1.807) is 23.1 Å². The Balaban J connectivity index is 1.37. The number of rotatable bonds is 8. The van der Waals surface area contributed by atoms with Gasteiger partial charge in [-0.15, -0.1) is 21.5 Å². The molecule has 1 amide bonds. The van der Waals surface area contributed by atoms with Crippen molar-refractivity contribution in [2.75, 3.05) is 12.3 Å². The predicted octanol–water partition coefficient (Wildman–Crippen LogP) is 5.22. The summed E-state index contributed by atoms with van der Waals surface area (Å²) in [7, 11) is 0. The smallest absolute Gasteiger partial charge is 0.230 e. The molecule has 7 heteroatoms. The van der Waals surface area contributed by atoms with Crippen LogP contribution in [0.4, 0.5) is 0 Å². The lowest BCUT2D eigenvalue weighted by Gasteiger charge is -2.25. The van der Waals surface area contributed by atoms with E-state index >= 15 is 0 Å². The van der Waals surface area contributed by atoms with Crippen LogP contribution in [0.1, 0.15) is 81.0 Å². The fraction of sp³-hybridized carbons (Fsp3) is 0.682. The van der Waals surface area contributed by atoms with Gasteiger partial charge in [0.1, 0.15) is 5.82 Å². The van der Waals surface area contributed by atoms with Crippen LogP contribution < -0.4 is 5.32 Å². The quantitative estimate of drug-likeness (QED) is 0.581. The molecule has 2 aliphatic rings. The van der Waals surface area contributed by atoms with Crippen LogP contribution in [0.3, 0.4) is 0 Å². The molecule has 2 aromatic rings. The number of aromatic nitrogens is 3. The van der Waals surface area contributed by atoms with Gasteiger partial charge in [0.2, 0.25) is 5.91 Å². The van der Waals surface area contributed by atoms with Crippen molar-refractivity contribution in [1.82, 2.24) is 20.1 Å². The first-order valence-corrected chi connectivity index (χ1v) is 13.0. The van der Waals surface area contributed by atoms with Crippen LogP contribution in [0.2, 0.25) is 0 Å². The Bertz CT molecular complexity index is 762. The maximum atomic E-state index is 12.4. The van der Waals surface area contributed by atoms with E-state index in [-0.39, 0.29) is 5.91 Å². The van der Waals surface area contributed by atoms with E-state index in [1.165, 1.54) is 69.1 Å². The molecule has 0 spiro atoms. The molecule has 1 N–H and O–H groups in total. The fourth-order valence-corrected chi connectivity index (χ4v) is 6.19. The predicted molar refractivity (Wildman–Crippen MR) is 120 cm³/mol.